The molecule has 1 aromatic rings. The summed E-state index contributed by atoms with van der Waals surface area (Å²) in [6.07, 6.45) is 0. The van der Waals surface area contributed by atoms with Gasteiger partial charge in [-0.05, 0) is 31.2 Å². The van der Waals surface area contributed by atoms with Gasteiger partial charge in [-0.1, -0.05) is 6.58 Å². The summed E-state index contributed by atoms with van der Waals surface area (Å²) >= 11 is 4.29. The summed E-state index contributed by atoms with van der Waals surface area (Å²) < 4.78 is 22.0. The average molecular weight is 279 g/mol. The molecule has 1 N–H and O–H groups in total. The van der Waals surface area contributed by atoms with E-state index in [1.54, 1.807) is 6.92 Å². The smallest absolute Gasteiger partial charge is 0.644 e. The van der Waals surface area contributed by atoms with Crippen molar-refractivity contribution in [3.05, 3.63) is 36.4 Å². The Bertz CT molecular complexity index is 523. The molecule has 0 heterocycles. The molecular weight excluding hydrogens is 269 g/mol. The molecule has 0 fully saturated rings. The van der Waals surface area contributed by atoms with Gasteiger partial charge in [0.2, 0.25) is 0 Å². The Morgan fingerprint density at radius 1 is 1.29 bits per heavy atom. The normalized spacial score (nSPS) is 10.2. The maximum atomic E-state index is 11.2. The fourth-order valence-electron chi connectivity index (χ4n) is 0.943. The molecule has 0 saturated carbocycles. The first-order chi connectivity index (χ1) is 7.30. The van der Waals surface area contributed by atoms with E-state index in [9.17, 15) is 13.2 Å². The van der Waals surface area contributed by atoms with Gasteiger partial charge in [0.25, 0.3) is 5.91 Å². The van der Waals surface area contributed by atoms with E-state index >= 15 is 0 Å². The number of hydrogen-bond donors (Lipinski definition) is 1. The van der Waals surface area contributed by atoms with Crippen molar-refractivity contribution >= 4 is 32.1 Å². The van der Waals surface area contributed by atoms with Gasteiger partial charge in [0.1, 0.15) is 0 Å². The standard InChI is InChI=1S/C10H11NO3S2.Na/c1-7(2)10(12)11-8-3-5-9(6-4-8)16(13,14)15;/h3-6H,1H2,2H3,(H,11,12)(H,13,14,15);/q;+1/p-1. The van der Waals surface area contributed by atoms with Gasteiger partial charge in [-0.15, -0.1) is 0 Å². The van der Waals surface area contributed by atoms with Gasteiger partial charge < -0.3 is 17.0 Å². The Hall–Kier alpha value is -0.270. The number of amides is 1. The molecule has 86 valence electrons. The van der Waals surface area contributed by atoms with Crippen molar-refractivity contribution in [3.63, 3.8) is 0 Å². The van der Waals surface area contributed by atoms with Crippen LogP contribution >= 0.6 is 0 Å². The number of carbonyl (C=O) groups excluding carboxylic acids is 1. The van der Waals surface area contributed by atoms with Crippen LogP contribution in [0.3, 0.4) is 0 Å². The van der Waals surface area contributed by atoms with Gasteiger partial charge in [0.15, 0.2) is 0 Å². The number of rotatable bonds is 3. The van der Waals surface area contributed by atoms with Crippen LogP contribution in [-0.4, -0.2) is 14.3 Å². The molecule has 0 aliphatic rings. The number of hydrogen-bond acceptors (Lipinski definition) is 4. The summed E-state index contributed by atoms with van der Waals surface area (Å²) in [5, 5.41) is 2.55. The summed E-state index contributed by atoms with van der Waals surface area (Å²) in [5.74, 6) is -0.311. The molecule has 0 aliphatic heterocycles. The van der Waals surface area contributed by atoms with Crippen LogP contribution in [0.5, 0.6) is 0 Å². The van der Waals surface area contributed by atoms with E-state index in [-0.39, 0.29) is 40.4 Å². The molecule has 0 unspecified atom stereocenters. The SMILES string of the molecule is C=C(C)C(=O)Nc1ccc(S(=O)(=O)[S-])cc1.[Na+]. The summed E-state index contributed by atoms with van der Waals surface area (Å²) in [6, 6.07) is 5.63. The van der Waals surface area contributed by atoms with Crippen molar-refractivity contribution in [2.75, 3.05) is 5.32 Å². The molecule has 1 aromatic carbocycles. The van der Waals surface area contributed by atoms with Gasteiger partial charge >= 0.3 is 29.6 Å². The molecule has 7 heteroatoms. The predicted molar refractivity (Wildman–Crippen MR) is 64.4 cm³/mol. The summed E-state index contributed by atoms with van der Waals surface area (Å²) in [6.45, 7) is 5.06. The minimum Gasteiger partial charge on any atom is -0.644 e. The summed E-state index contributed by atoms with van der Waals surface area (Å²) in [4.78, 5) is 11.3. The first kappa shape index (κ1) is 16.7. The van der Waals surface area contributed by atoms with Gasteiger partial charge in [-0.25, -0.2) is 8.42 Å². The van der Waals surface area contributed by atoms with E-state index in [1.807, 2.05) is 0 Å². The molecule has 0 radical (unpaired) electrons. The fraction of sp³-hybridized carbons (Fsp3) is 0.100. The molecule has 1 rings (SSSR count). The third kappa shape index (κ3) is 5.27. The molecule has 0 spiro atoms. The molecule has 0 aromatic heterocycles. The van der Waals surface area contributed by atoms with E-state index in [1.165, 1.54) is 24.3 Å². The van der Waals surface area contributed by atoms with Crippen molar-refractivity contribution < 1.29 is 42.8 Å². The molecule has 0 saturated heterocycles. The third-order valence-electron chi connectivity index (χ3n) is 1.79. The average Bonchev–Trinajstić information content (AvgIpc) is 2.17. The van der Waals surface area contributed by atoms with Crippen molar-refractivity contribution in [1.29, 1.82) is 0 Å². The van der Waals surface area contributed by atoms with Crippen molar-refractivity contribution in [3.8, 4) is 0 Å². The van der Waals surface area contributed by atoms with Crippen LogP contribution in [0.25, 0.3) is 0 Å². The number of carbonyl (C=O) groups is 1. The van der Waals surface area contributed by atoms with Crippen molar-refractivity contribution in [2.45, 2.75) is 11.8 Å². The maximum Gasteiger partial charge on any atom is 1.00 e. The molecule has 0 aliphatic carbocycles. The summed E-state index contributed by atoms with van der Waals surface area (Å²) in [7, 11) is -3.61. The van der Waals surface area contributed by atoms with Crippen LogP contribution in [-0.2, 0) is 25.3 Å². The second-order valence-electron chi connectivity index (χ2n) is 3.21. The van der Waals surface area contributed by atoms with Gasteiger partial charge in [0.05, 0.1) is 8.87 Å². The quantitative estimate of drug-likeness (QED) is 0.315. The van der Waals surface area contributed by atoms with Crippen LogP contribution in [0.4, 0.5) is 5.69 Å². The number of nitrogens with one attached hydrogen (secondary N) is 1. The van der Waals surface area contributed by atoms with Crippen LogP contribution in [0.15, 0.2) is 41.3 Å². The number of anilines is 1. The monoisotopic (exact) mass is 279 g/mol. The Labute approximate surface area is 128 Å². The summed E-state index contributed by atoms with van der Waals surface area (Å²) in [5.41, 5.74) is 0.871. The maximum absolute atomic E-state index is 11.2. The van der Waals surface area contributed by atoms with Gasteiger partial charge in [-0.2, -0.15) is 0 Å². The van der Waals surface area contributed by atoms with Crippen LogP contribution < -0.4 is 34.9 Å². The molecule has 0 atom stereocenters. The van der Waals surface area contributed by atoms with Crippen molar-refractivity contribution in [2.24, 2.45) is 0 Å². The van der Waals surface area contributed by atoms with Crippen LogP contribution in [0.1, 0.15) is 6.92 Å². The van der Waals surface area contributed by atoms with Crippen molar-refractivity contribution in [1.82, 2.24) is 0 Å². The second-order valence-corrected chi connectivity index (χ2v) is 5.91. The Morgan fingerprint density at radius 3 is 2.12 bits per heavy atom. The molecule has 0 bridgehead atoms. The third-order valence-corrected chi connectivity index (χ3v) is 3.22. The van der Waals surface area contributed by atoms with E-state index in [0.717, 1.165) is 0 Å². The van der Waals surface area contributed by atoms with E-state index in [4.69, 9.17) is 0 Å². The topological polar surface area (TPSA) is 63.2 Å². The zero-order valence-corrected chi connectivity index (χ0v) is 13.2. The second kappa shape index (κ2) is 6.61. The minimum absolute atomic E-state index is 0. The number of benzene rings is 1. The van der Waals surface area contributed by atoms with E-state index in [0.29, 0.717) is 11.3 Å². The molecular formula is C10H10NNaO3S2. The Morgan fingerprint density at radius 2 is 1.76 bits per heavy atom. The van der Waals surface area contributed by atoms with Crippen LogP contribution in [0, 0.1) is 0 Å². The van der Waals surface area contributed by atoms with Gasteiger partial charge in [0, 0.05) is 16.2 Å². The van der Waals surface area contributed by atoms with E-state index < -0.39 is 8.87 Å². The predicted octanol–water partition coefficient (Wildman–Crippen LogP) is -1.56. The Balaban J connectivity index is 0.00000256. The Kier molecular flexibility index (Phi) is 6.50. The fourth-order valence-corrected chi connectivity index (χ4v) is 1.75. The first-order valence-electron chi connectivity index (χ1n) is 4.33. The zero-order valence-electron chi connectivity index (χ0n) is 9.56. The van der Waals surface area contributed by atoms with Crippen LogP contribution in [0.2, 0.25) is 0 Å². The minimum atomic E-state index is -3.61. The zero-order chi connectivity index (χ0) is 12.3. The molecule has 1 amide bonds. The largest absolute Gasteiger partial charge is 1.00 e. The molecule has 4 nitrogen and oxygen atoms in total. The van der Waals surface area contributed by atoms with Gasteiger partial charge in [-0.3, -0.25) is 4.79 Å². The molecule has 17 heavy (non-hydrogen) atoms. The first-order valence-corrected chi connectivity index (χ1v) is 6.74. The van der Waals surface area contributed by atoms with E-state index in [2.05, 4.69) is 23.6 Å².